The molecule has 1 spiro atoms. The maximum atomic E-state index is 11.2. The van der Waals surface area contributed by atoms with Crippen molar-refractivity contribution in [2.24, 2.45) is 11.3 Å². The van der Waals surface area contributed by atoms with Gasteiger partial charge in [0.15, 0.2) is 0 Å². The zero-order valence-electron chi connectivity index (χ0n) is 18.2. The molecule has 2 aliphatic heterocycles. The van der Waals surface area contributed by atoms with Crippen molar-refractivity contribution in [1.82, 2.24) is 14.9 Å². The van der Waals surface area contributed by atoms with Crippen LogP contribution >= 0.6 is 0 Å². The topological polar surface area (TPSA) is 102 Å². The summed E-state index contributed by atoms with van der Waals surface area (Å²) in [5.41, 5.74) is 2.46. The van der Waals surface area contributed by atoms with Crippen molar-refractivity contribution in [3.05, 3.63) is 11.3 Å². The van der Waals surface area contributed by atoms with Crippen LogP contribution in [0.25, 0.3) is 0 Å². The zero-order chi connectivity index (χ0) is 21.3. The van der Waals surface area contributed by atoms with E-state index in [1.165, 1.54) is 10.5 Å². The molecular formula is C22H35N5O3. The second-order valence-electron chi connectivity index (χ2n) is 9.80. The molecule has 30 heavy (non-hydrogen) atoms. The van der Waals surface area contributed by atoms with Gasteiger partial charge in [-0.3, -0.25) is 0 Å². The fourth-order valence-electron chi connectivity index (χ4n) is 5.27. The van der Waals surface area contributed by atoms with E-state index in [9.17, 15) is 15.0 Å². The van der Waals surface area contributed by atoms with Gasteiger partial charge in [-0.05, 0) is 50.9 Å². The van der Waals surface area contributed by atoms with Crippen LogP contribution in [0.4, 0.5) is 16.6 Å². The second kappa shape index (κ2) is 8.57. The van der Waals surface area contributed by atoms with Crippen molar-refractivity contribution in [3.8, 4) is 0 Å². The number of hydrogen-bond donors (Lipinski definition) is 3. The number of carboxylic acid groups (broad SMARTS) is 1. The summed E-state index contributed by atoms with van der Waals surface area (Å²) in [5.74, 6) is 2.26. The fourth-order valence-corrected chi connectivity index (χ4v) is 5.27. The molecule has 1 aliphatic carbocycles. The van der Waals surface area contributed by atoms with Crippen LogP contribution < -0.4 is 10.2 Å². The number of aryl methyl sites for hydroxylation is 1. The van der Waals surface area contributed by atoms with E-state index in [0.717, 1.165) is 69.1 Å². The van der Waals surface area contributed by atoms with Crippen molar-refractivity contribution in [1.29, 1.82) is 0 Å². The molecule has 2 saturated heterocycles. The van der Waals surface area contributed by atoms with Crippen LogP contribution in [0.5, 0.6) is 0 Å². The van der Waals surface area contributed by atoms with E-state index in [1.807, 2.05) is 0 Å². The minimum Gasteiger partial charge on any atom is -0.465 e. The van der Waals surface area contributed by atoms with E-state index >= 15 is 0 Å². The quantitative estimate of drug-likeness (QED) is 0.627. The molecule has 3 N–H and O–H groups in total. The van der Waals surface area contributed by atoms with E-state index < -0.39 is 6.09 Å². The van der Waals surface area contributed by atoms with E-state index in [4.69, 9.17) is 9.97 Å². The van der Waals surface area contributed by atoms with Crippen LogP contribution in [0.3, 0.4) is 0 Å². The number of likely N-dealkylation sites (tertiary alicyclic amines) is 1. The predicted molar refractivity (Wildman–Crippen MR) is 116 cm³/mol. The van der Waals surface area contributed by atoms with Crippen LogP contribution in [-0.4, -0.2) is 70.0 Å². The van der Waals surface area contributed by atoms with Crippen LogP contribution in [-0.2, 0) is 12.8 Å². The van der Waals surface area contributed by atoms with Crippen molar-refractivity contribution < 1.29 is 15.0 Å². The summed E-state index contributed by atoms with van der Waals surface area (Å²) in [6.45, 7) is 7.49. The van der Waals surface area contributed by atoms with Crippen LogP contribution in [0.2, 0.25) is 0 Å². The molecule has 8 heteroatoms. The third-order valence-corrected chi connectivity index (χ3v) is 6.79. The molecule has 2 fully saturated rings. The molecule has 1 amide bonds. The Morgan fingerprint density at radius 3 is 2.67 bits per heavy atom. The summed E-state index contributed by atoms with van der Waals surface area (Å²) >= 11 is 0. The molecule has 4 rings (SSSR count). The Morgan fingerprint density at radius 2 is 1.97 bits per heavy atom. The first-order chi connectivity index (χ1) is 14.4. The van der Waals surface area contributed by atoms with Gasteiger partial charge in [0.1, 0.15) is 5.82 Å². The first-order valence-corrected chi connectivity index (χ1v) is 11.4. The average molecular weight is 418 g/mol. The number of aliphatic hydroxyl groups is 1. The van der Waals surface area contributed by atoms with Gasteiger partial charge < -0.3 is 25.3 Å². The summed E-state index contributed by atoms with van der Waals surface area (Å²) in [5, 5.41) is 22.3. The molecule has 0 bridgehead atoms. The van der Waals surface area contributed by atoms with Crippen LogP contribution in [0.1, 0.15) is 57.2 Å². The normalized spacial score (nSPS) is 20.9. The van der Waals surface area contributed by atoms with E-state index in [-0.39, 0.29) is 18.1 Å². The number of aromatic nitrogens is 2. The maximum absolute atomic E-state index is 11.2. The lowest BCUT2D eigenvalue weighted by atomic mass is 9.79. The molecule has 3 heterocycles. The first-order valence-electron chi connectivity index (χ1n) is 11.4. The largest absolute Gasteiger partial charge is 0.465 e. The molecule has 1 atom stereocenters. The van der Waals surface area contributed by atoms with E-state index in [2.05, 4.69) is 24.1 Å². The number of rotatable bonds is 7. The molecule has 0 unspecified atom stereocenters. The van der Waals surface area contributed by atoms with Gasteiger partial charge in [-0.25, -0.2) is 9.78 Å². The summed E-state index contributed by atoms with van der Waals surface area (Å²) in [7, 11) is 0. The summed E-state index contributed by atoms with van der Waals surface area (Å²) in [4.78, 5) is 24.8. The Morgan fingerprint density at radius 1 is 1.20 bits per heavy atom. The van der Waals surface area contributed by atoms with Gasteiger partial charge >= 0.3 is 6.09 Å². The summed E-state index contributed by atoms with van der Waals surface area (Å²) in [6.07, 6.45) is 6.18. The monoisotopic (exact) mass is 417 g/mol. The molecular weight excluding hydrogens is 382 g/mol. The molecule has 3 aliphatic rings. The van der Waals surface area contributed by atoms with Gasteiger partial charge in [-0.2, -0.15) is 4.98 Å². The maximum Gasteiger partial charge on any atom is 0.407 e. The highest BCUT2D eigenvalue weighted by Crippen LogP contribution is 2.41. The Hall–Kier alpha value is -2.09. The van der Waals surface area contributed by atoms with Gasteiger partial charge in [0.05, 0.1) is 5.69 Å². The predicted octanol–water partition coefficient (Wildman–Crippen LogP) is 2.75. The van der Waals surface area contributed by atoms with E-state index in [0.29, 0.717) is 25.4 Å². The number of aliphatic hydroxyl groups excluding tert-OH is 1. The Kier molecular flexibility index (Phi) is 6.04. The average Bonchev–Trinajstić information content (AvgIpc) is 3.12. The molecule has 0 radical (unpaired) electrons. The molecule has 8 nitrogen and oxygen atoms in total. The number of anilines is 2. The Balaban J connectivity index is 1.54. The number of nitrogens with one attached hydrogen (secondary N) is 1. The van der Waals surface area contributed by atoms with Gasteiger partial charge in [-0.15, -0.1) is 0 Å². The number of hydrogen-bond acceptors (Lipinski definition) is 6. The Labute approximate surface area is 178 Å². The van der Waals surface area contributed by atoms with Gasteiger partial charge in [0.25, 0.3) is 0 Å². The van der Waals surface area contributed by atoms with Gasteiger partial charge in [-0.1, -0.05) is 13.8 Å². The van der Waals surface area contributed by atoms with Crippen molar-refractivity contribution in [2.75, 3.05) is 43.0 Å². The lowest BCUT2D eigenvalue weighted by molar-refractivity contribution is 0.0251. The molecule has 1 aromatic rings. The number of carbonyl (C=O) groups is 1. The number of amides is 1. The number of fused-ring (bicyclic) bond motifs is 1. The number of nitrogens with zero attached hydrogens (tertiary/aromatic N) is 4. The summed E-state index contributed by atoms with van der Waals surface area (Å²) < 4.78 is 0. The van der Waals surface area contributed by atoms with Crippen molar-refractivity contribution in [2.45, 2.75) is 64.8 Å². The molecule has 0 aromatic carbocycles. The molecule has 0 saturated carbocycles. The zero-order valence-corrected chi connectivity index (χ0v) is 18.2. The lowest BCUT2D eigenvalue weighted by Crippen LogP contribution is -2.59. The third kappa shape index (κ3) is 4.33. The highest BCUT2D eigenvalue weighted by molar-refractivity contribution is 5.66. The lowest BCUT2D eigenvalue weighted by Gasteiger charge is -2.46. The van der Waals surface area contributed by atoms with Crippen LogP contribution in [0.15, 0.2) is 0 Å². The Bertz CT molecular complexity index is 778. The second-order valence-corrected chi connectivity index (χ2v) is 9.80. The standard InChI is InChI=1S/C22H35N5O3/c1-15(2)11-16(7-10-28)23-19-17-5-3-4-6-18(17)24-20(25-19)26-9-8-22(12-26)13-27(14-22)21(29)30/h15-16,28H,3-14H2,1-2H3,(H,29,30)(H,23,24,25)/t16-/m1/s1. The van der Waals surface area contributed by atoms with Gasteiger partial charge in [0, 0.05) is 49.8 Å². The minimum absolute atomic E-state index is 0.0578. The van der Waals surface area contributed by atoms with Crippen molar-refractivity contribution in [3.63, 3.8) is 0 Å². The highest BCUT2D eigenvalue weighted by atomic mass is 16.4. The highest BCUT2D eigenvalue weighted by Gasteiger charge is 2.50. The van der Waals surface area contributed by atoms with Crippen LogP contribution in [0, 0.1) is 11.3 Å². The SMILES string of the molecule is CC(C)C[C@@H](CCO)Nc1nc(N2CCC3(CN(C(=O)O)C3)C2)nc2c1CCCC2. The minimum atomic E-state index is -0.823. The molecule has 1 aromatic heterocycles. The van der Waals surface area contributed by atoms with E-state index in [1.54, 1.807) is 0 Å². The van der Waals surface area contributed by atoms with Crippen molar-refractivity contribution >= 4 is 17.9 Å². The first kappa shape index (κ1) is 21.2. The third-order valence-electron chi connectivity index (χ3n) is 6.79. The molecule has 166 valence electrons. The summed E-state index contributed by atoms with van der Waals surface area (Å²) in [6, 6.07) is 0.199. The smallest absolute Gasteiger partial charge is 0.407 e. The van der Waals surface area contributed by atoms with Gasteiger partial charge in [0.2, 0.25) is 5.95 Å². The fraction of sp³-hybridized carbons (Fsp3) is 0.773.